The first-order valence-electron chi connectivity index (χ1n) is 12.3. The number of aliphatic carboxylic acids is 1. The Morgan fingerprint density at radius 1 is 1.06 bits per heavy atom. The molecule has 2 aromatic carbocycles. The van der Waals surface area contributed by atoms with E-state index < -0.39 is 18.1 Å². The SMILES string of the molecule is CCCC[C@@H](CC(=O)O)NC(=O)C1=CCC(NC(=O)OCC2c3ccccc3-c3ccccc32)C1. The molecule has 2 aliphatic rings. The molecule has 184 valence electrons. The normalized spacial score (nSPS) is 17.2. The second-order valence-electron chi connectivity index (χ2n) is 9.25. The minimum absolute atomic E-state index is 0.00881. The highest BCUT2D eigenvalue weighted by Crippen LogP contribution is 2.44. The van der Waals surface area contributed by atoms with Gasteiger partial charge in [-0.3, -0.25) is 9.59 Å². The van der Waals surface area contributed by atoms with Gasteiger partial charge in [0.05, 0.1) is 6.42 Å². The molecule has 0 saturated heterocycles. The summed E-state index contributed by atoms with van der Waals surface area (Å²) in [6.45, 7) is 2.26. The number of alkyl carbamates (subject to hydrolysis) is 1. The average molecular weight is 477 g/mol. The van der Waals surface area contributed by atoms with Crippen molar-refractivity contribution in [2.24, 2.45) is 0 Å². The summed E-state index contributed by atoms with van der Waals surface area (Å²) in [6.07, 6.45) is 4.54. The van der Waals surface area contributed by atoms with Crippen LogP contribution in [0, 0.1) is 0 Å². The summed E-state index contributed by atoms with van der Waals surface area (Å²) >= 11 is 0. The van der Waals surface area contributed by atoms with Crippen molar-refractivity contribution in [3.63, 3.8) is 0 Å². The van der Waals surface area contributed by atoms with Gasteiger partial charge >= 0.3 is 12.1 Å². The van der Waals surface area contributed by atoms with Crippen LogP contribution in [0.15, 0.2) is 60.2 Å². The van der Waals surface area contributed by atoms with Gasteiger partial charge in [0.2, 0.25) is 5.91 Å². The van der Waals surface area contributed by atoms with E-state index in [1.165, 1.54) is 11.1 Å². The van der Waals surface area contributed by atoms with Gasteiger partial charge in [-0.15, -0.1) is 0 Å². The Balaban J connectivity index is 1.27. The molecular weight excluding hydrogens is 444 g/mol. The van der Waals surface area contributed by atoms with Gasteiger partial charge in [0, 0.05) is 23.6 Å². The van der Waals surface area contributed by atoms with Gasteiger partial charge in [-0.2, -0.15) is 0 Å². The standard InChI is InChI=1S/C28H32N2O5/c1-2-3-8-19(16-26(31)32)29-27(33)18-13-14-20(15-18)30-28(34)35-17-25-23-11-6-4-9-21(23)22-10-5-7-12-24(22)25/h4-7,9-13,19-20,25H,2-3,8,14-17H2,1H3,(H,29,33)(H,30,34)(H,31,32)/t19-,20?/m0/s1. The van der Waals surface area contributed by atoms with Crippen LogP contribution in [0.1, 0.15) is 62.5 Å². The fourth-order valence-electron chi connectivity index (χ4n) is 4.98. The molecule has 0 heterocycles. The molecule has 3 N–H and O–H groups in total. The molecule has 0 aromatic heterocycles. The largest absolute Gasteiger partial charge is 0.481 e. The van der Waals surface area contributed by atoms with E-state index in [1.54, 1.807) is 6.08 Å². The van der Waals surface area contributed by atoms with Crippen molar-refractivity contribution in [3.05, 3.63) is 71.3 Å². The zero-order valence-electron chi connectivity index (χ0n) is 20.0. The van der Waals surface area contributed by atoms with Gasteiger partial charge in [-0.25, -0.2) is 4.79 Å². The van der Waals surface area contributed by atoms with E-state index in [1.807, 2.05) is 31.2 Å². The highest BCUT2D eigenvalue weighted by molar-refractivity contribution is 5.94. The summed E-state index contributed by atoms with van der Waals surface area (Å²) in [5, 5.41) is 14.8. The fourth-order valence-corrected chi connectivity index (χ4v) is 4.98. The molecule has 2 aromatic rings. The molecule has 1 unspecified atom stereocenters. The third-order valence-corrected chi connectivity index (χ3v) is 6.73. The molecule has 7 nitrogen and oxygen atoms in total. The molecule has 0 spiro atoms. The number of carboxylic acids is 1. The van der Waals surface area contributed by atoms with Crippen molar-refractivity contribution < 1.29 is 24.2 Å². The van der Waals surface area contributed by atoms with Crippen molar-refractivity contribution in [2.45, 2.75) is 63.5 Å². The van der Waals surface area contributed by atoms with Gasteiger partial charge in [0.25, 0.3) is 0 Å². The quantitative estimate of drug-likeness (QED) is 0.458. The van der Waals surface area contributed by atoms with Crippen molar-refractivity contribution in [3.8, 4) is 11.1 Å². The van der Waals surface area contributed by atoms with Crippen LogP contribution in [0.25, 0.3) is 11.1 Å². The zero-order valence-corrected chi connectivity index (χ0v) is 20.0. The van der Waals surface area contributed by atoms with E-state index in [-0.39, 0.29) is 30.9 Å². The summed E-state index contributed by atoms with van der Waals surface area (Å²) in [5.74, 6) is -1.20. The topological polar surface area (TPSA) is 105 Å². The highest BCUT2D eigenvalue weighted by atomic mass is 16.5. The number of hydrogen-bond acceptors (Lipinski definition) is 4. The minimum atomic E-state index is -0.929. The monoisotopic (exact) mass is 476 g/mol. The number of ether oxygens (including phenoxy) is 1. The molecule has 2 atom stereocenters. The molecule has 4 rings (SSSR count). The molecule has 0 fully saturated rings. The number of fused-ring (bicyclic) bond motifs is 3. The molecule has 0 saturated carbocycles. The third kappa shape index (κ3) is 5.91. The van der Waals surface area contributed by atoms with Crippen LogP contribution in [0.3, 0.4) is 0 Å². The minimum Gasteiger partial charge on any atom is -0.481 e. The number of benzene rings is 2. The van der Waals surface area contributed by atoms with Gasteiger partial charge in [-0.1, -0.05) is 74.4 Å². The smallest absolute Gasteiger partial charge is 0.407 e. The van der Waals surface area contributed by atoms with E-state index in [9.17, 15) is 14.4 Å². The number of hydrogen-bond donors (Lipinski definition) is 3. The molecule has 2 amide bonds. The van der Waals surface area contributed by atoms with Crippen molar-refractivity contribution in [2.75, 3.05) is 6.61 Å². The number of carbonyl (C=O) groups is 3. The number of amides is 2. The summed E-state index contributed by atoms with van der Waals surface area (Å²) < 4.78 is 5.61. The Morgan fingerprint density at radius 2 is 1.71 bits per heavy atom. The van der Waals surface area contributed by atoms with Crippen LogP contribution in [-0.2, 0) is 14.3 Å². The summed E-state index contributed by atoms with van der Waals surface area (Å²) in [6, 6.07) is 15.7. The van der Waals surface area contributed by atoms with Gasteiger partial charge in [0.15, 0.2) is 0 Å². The Bertz CT molecular complexity index is 1080. The third-order valence-electron chi connectivity index (χ3n) is 6.73. The predicted octanol–water partition coefficient (Wildman–Crippen LogP) is 4.76. The Kier molecular flexibility index (Phi) is 7.85. The Morgan fingerprint density at radius 3 is 2.34 bits per heavy atom. The number of carboxylic acid groups (broad SMARTS) is 1. The van der Waals surface area contributed by atoms with Gasteiger partial charge in [-0.05, 0) is 41.5 Å². The van der Waals surface area contributed by atoms with E-state index >= 15 is 0 Å². The molecule has 0 aliphatic heterocycles. The molecule has 0 radical (unpaired) electrons. The Labute approximate surface area is 205 Å². The maximum absolute atomic E-state index is 12.6. The van der Waals surface area contributed by atoms with Crippen LogP contribution in [0.4, 0.5) is 4.79 Å². The van der Waals surface area contributed by atoms with Crippen LogP contribution in [-0.4, -0.2) is 41.8 Å². The second-order valence-corrected chi connectivity index (χ2v) is 9.25. The number of nitrogens with one attached hydrogen (secondary N) is 2. The van der Waals surface area contributed by atoms with Crippen LogP contribution in [0.5, 0.6) is 0 Å². The van der Waals surface area contributed by atoms with Crippen LogP contribution < -0.4 is 10.6 Å². The average Bonchev–Trinajstić information content (AvgIpc) is 3.43. The molecule has 2 aliphatic carbocycles. The van der Waals surface area contributed by atoms with Crippen LogP contribution >= 0.6 is 0 Å². The summed E-state index contributed by atoms with van der Waals surface area (Å²) in [5.41, 5.74) is 5.23. The van der Waals surface area contributed by atoms with E-state index in [0.29, 0.717) is 24.8 Å². The van der Waals surface area contributed by atoms with E-state index in [2.05, 4.69) is 34.9 Å². The highest BCUT2D eigenvalue weighted by Gasteiger charge is 2.30. The molecule has 35 heavy (non-hydrogen) atoms. The lowest BCUT2D eigenvalue weighted by Crippen LogP contribution is -2.38. The molecule has 7 heteroatoms. The van der Waals surface area contributed by atoms with Crippen LogP contribution in [0.2, 0.25) is 0 Å². The lowest BCUT2D eigenvalue weighted by atomic mass is 9.98. The molecule has 0 bridgehead atoms. The first-order valence-corrected chi connectivity index (χ1v) is 12.3. The summed E-state index contributed by atoms with van der Waals surface area (Å²) in [7, 11) is 0. The van der Waals surface area contributed by atoms with E-state index in [4.69, 9.17) is 9.84 Å². The number of rotatable bonds is 10. The van der Waals surface area contributed by atoms with Crippen molar-refractivity contribution in [1.29, 1.82) is 0 Å². The fraction of sp³-hybridized carbons (Fsp3) is 0.393. The predicted molar refractivity (Wildman–Crippen MR) is 133 cm³/mol. The van der Waals surface area contributed by atoms with E-state index in [0.717, 1.165) is 24.0 Å². The van der Waals surface area contributed by atoms with Gasteiger partial charge < -0.3 is 20.5 Å². The Hall–Kier alpha value is -3.61. The van der Waals surface area contributed by atoms with Gasteiger partial charge in [0.1, 0.15) is 6.61 Å². The number of unbranched alkanes of at least 4 members (excludes halogenated alkanes) is 1. The lowest BCUT2D eigenvalue weighted by Gasteiger charge is -2.18. The number of carbonyl (C=O) groups excluding carboxylic acids is 2. The maximum Gasteiger partial charge on any atom is 0.407 e. The molecular formula is C28H32N2O5. The maximum atomic E-state index is 12.6. The lowest BCUT2D eigenvalue weighted by molar-refractivity contribution is -0.137. The first-order chi connectivity index (χ1) is 17.0. The van der Waals surface area contributed by atoms with Crippen molar-refractivity contribution >= 4 is 18.0 Å². The summed E-state index contributed by atoms with van der Waals surface area (Å²) in [4.78, 5) is 36.3. The first kappa shape index (κ1) is 24.5. The zero-order chi connectivity index (χ0) is 24.8. The van der Waals surface area contributed by atoms with Crippen molar-refractivity contribution in [1.82, 2.24) is 10.6 Å². The second kappa shape index (κ2) is 11.2.